The Labute approximate surface area is 66.4 Å². The molecule has 0 saturated heterocycles. The van der Waals surface area contributed by atoms with Gasteiger partial charge < -0.3 is 9.84 Å². The number of esters is 1. The molecule has 64 valence electrons. The van der Waals surface area contributed by atoms with Crippen molar-refractivity contribution in [2.75, 3.05) is 7.11 Å². The first kappa shape index (κ1) is 8.53. The van der Waals surface area contributed by atoms with Crippen molar-refractivity contribution < 1.29 is 14.6 Å². The van der Waals surface area contributed by atoms with Crippen molar-refractivity contribution in [3.63, 3.8) is 0 Å². The van der Waals surface area contributed by atoms with E-state index in [9.17, 15) is 9.90 Å². The Morgan fingerprint density at radius 1 is 1.73 bits per heavy atom. The lowest BCUT2D eigenvalue weighted by Gasteiger charge is -2.24. The molecule has 1 aliphatic rings. The first-order valence-electron chi connectivity index (χ1n) is 3.88. The Hall–Kier alpha value is -0.570. The fourth-order valence-electron chi connectivity index (χ4n) is 1.62. The van der Waals surface area contributed by atoms with E-state index in [4.69, 9.17) is 0 Å². The van der Waals surface area contributed by atoms with Crippen molar-refractivity contribution in [1.82, 2.24) is 0 Å². The van der Waals surface area contributed by atoms with Crippen LogP contribution in [0.25, 0.3) is 0 Å². The summed E-state index contributed by atoms with van der Waals surface area (Å²) in [5.74, 6) is -0.289. The molecule has 0 heterocycles. The molecule has 0 spiro atoms. The molecule has 1 rings (SSSR count). The third-order valence-corrected chi connectivity index (χ3v) is 2.56. The molecular weight excluding hydrogens is 144 g/mol. The van der Waals surface area contributed by atoms with Gasteiger partial charge in [0, 0.05) is 0 Å². The fourth-order valence-corrected chi connectivity index (χ4v) is 1.62. The molecule has 3 nitrogen and oxygen atoms in total. The van der Waals surface area contributed by atoms with Gasteiger partial charge in [0.05, 0.1) is 18.6 Å². The van der Waals surface area contributed by atoms with E-state index in [1.165, 1.54) is 7.11 Å². The summed E-state index contributed by atoms with van der Waals surface area (Å²) in [6.45, 7) is 1.76. The summed E-state index contributed by atoms with van der Waals surface area (Å²) >= 11 is 0. The standard InChI is InChI=1S/C8H14O3/c1-8(7(10)11-2)5-3-4-6(8)9/h6,9H,3-5H2,1-2H3/t6-,8-/m1/s1. The van der Waals surface area contributed by atoms with E-state index in [1.807, 2.05) is 0 Å². The Morgan fingerprint density at radius 2 is 2.36 bits per heavy atom. The minimum absolute atomic E-state index is 0.289. The van der Waals surface area contributed by atoms with Crippen molar-refractivity contribution in [2.24, 2.45) is 5.41 Å². The molecule has 1 fully saturated rings. The van der Waals surface area contributed by atoms with Crippen molar-refractivity contribution in [1.29, 1.82) is 0 Å². The molecule has 2 atom stereocenters. The van der Waals surface area contributed by atoms with E-state index in [0.717, 1.165) is 12.8 Å². The van der Waals surface area contributed by atoms with Crippen molar-refractivity contribution in [3.05, 3.63) is 0 Å². The van der Waals surface area contributed by atoms with Crippen LogP contribution in [-0.4, -0.2) is 24.3 Å². The van der Waals surface area contributed by atoms with Crippen LogP contribution in [0, 0.1) is 5.41 Å². The summed E-state index contributed by atoms with van der Waals surface area (Å²) in [7, 11) is 1.36. The predicted molar refractivity (Wildman–Crippen MR) is 40.0 cm³/mol. The highest BCUT2D eigenvalue weighted by atomic mass is 16.5. The average Bonchev–Trinajstić information content (AvgIpc) is 2.32. The van der Waals surface area contributed by atoms with Gasteiger partial charge in [-0.15, -0.1) is 0 Å². The van der Waals surface area contributed by atoms with E-state index in [2.05, 4.69) is 4.74 Å². The average molecular weight is 158 g/mol. The predicted octanol–water partition coefficient (Wildman–Crippen LogP) is 0.710. The smallest absolute Gasteiger partial charge is 0.314 e. The van der Waals surface area contributed by atoms with Gasteiger partial charge in [-0.1, -0.05) is 0 Å². The molecule has 1 aliphatic carbocycles. The van der Waals surface area contributed by atoms with Crippen LogP contribution in [-0.2, 0) is 9.53 Å². The highest BCUT2D eigenvalue weighted by Gasteiger charge is 2.45. The van der Waals surface area contributed by atoms with Gasteiger partial charge in [0.1, 0.15) is 0 Å². The van der Waals surface area contributed by atoms with Crippen LogP contribution in [0.2, 0.25) is 0 Å². The van der Waals surface area contributed by atoms with Crippen LogP contribution < -0.4 is 0 Å². The lowest BCUT2D eigenvalue weighted by Crippen LogP contribution is -2.36. The number of aliphatic hydroxyl groups is 1. The monoisotopic (exact) mass is 158 g/mol. The number of carbonyl (C=O) groups excluding carboxylic acids is 1. The van der Waals surface area contributed by atoms with Gasteiger partial charge in [-0.25, -0.2) is 0 Å². The topological polar surface area (TPSA) is 46.5 Å². The van der Waals surface area contributed by atoms with Crippen LogP contribution in [0.15, 0.2) is 0 Å². The van der Waals surface area contributed by atoms with Crippen LogP contribution in [0.5, 0.6) is 0 Å². The molecule has 0 radical (unpaired) electrons. The van der Waals surface area contributed by atoms with E-state index in [0.29, 0.717) is 6.42 Å². The molecule has 0 aliphatic heterocycles. The van der Waals surface area contributed by atoms with Crippen molar-refractivity contribution in [3.8, 4) is 0 Å². The Balaban J connectivity index is 2.72. The molecule has 0 aromatic rings. The minimum atomic E-state index is -0.644. The summed E-state index contributed by atoms with van der Waals surface area (Å²) < 4.78 is 4.61. The number of rotatable bonds is 1. The second kappa shape index (κ2) is 2.81. The van der Waals surface area contributed by atoms with Gasteiger partial charge in [-0.2, -0.15) is 0 Å². The summed E-state index contributed by atoms with van der Waals surface area (Å²) in [6.07, 6.45) is 1.84. The zero-order chi connectivity index (χ0) is 8.48. The molecule has 0 unspecified atom stereocenters. The molecule has 1 N–H and O–H groups in total. The van der Waals surface area contributed by atoms with E-state index in [-0.39, 0.29) is 5.97 Å². The van der Waals surface area contributed by atoms with E-state index in [1.54, 1.807) is 6.92 Å². The van der Waals surface area contributed by atoms with Gasteiger partial charge in [-0.05, 0) is 26.2 Å². The van der Waals surface area contributed by atoms with Crippen molar-refractivity contribution in [2.45, 2.75) is 32.3 Å². The zero-order valence-corrected chi connectivity index (χ0v) is 6.96. The quantitative estimate of drug-likeness (QED) is 0.572. The van der Waals surface area contributed by atoms with Crippen LogP contribution in [0.1, 0.15) is 26.2 Å². The number of hydrogen-bond acceptors (Lipinski definition) is 3. The summed E-state index contributed by atoms with van der Waals surface area (Å²) in [5.41, 5.74) is -0.644. The minimum Gasteiger partial charge on any atom is -0.469 e. The maximum absolute atomic E-state index is 11.2. The lowest BCUT2D eigenvalue weighted by atomic mass is 9.87. The largest absolute Gasteiger partial charge is 0.469 e. The molecule has 3 heteroatoms. The Morgan fingerprint density at radius 3 is 2.73 bits per heavy atom. The summed E-state index contributed by atoms with van der Waals surface area (Å²) in [6, 6.07) is 0. The maximum Gasteiger partial charge on any atom is 0.314 e. The number of methoxy groups -OCH3 is 1. The van der Waals surface area contributed by atoms with Crippen LogP contribution in [0.3, 0.4) is 0 Å². The Bertz CT molecular complexity index is 167. The molecule has 0 aromatic carbocycles. The zero-order valence-electron chi connectivity index (χ0n) is 6.96. The third-order valence-electron chi connectivity index (χ3n) is 2.56. The van der Waals surface area contributed by atoms with Gasteiger partial charge in [0.2, 0.25) is 0 Å². The molecular formula is C8H14O3. The highest BCUT2D eigenvalue weighted by Crippen LogP contribution is 2.38. The molecule has 0 aromatic heterocycles. The van der Waals surface area contributed by atoms with Crippen LogP contribution >= 0.6 is 0 Å². The fraction of sp³-hybridized carbons (Fsp3) is 0.875. The Kier molecular flexibility index (Phi) is 2.18. The second-order valence-electron chi connectivity index (χ2n) is 3.32. The van der Waals surface area contributed by atoms with E-state index < -0.39 is 11.5 Å². The number of ether oxygens (including phenoxy) is 1. The van der Waals surface area contributed by atoms with Gasteiger partial charge in [-0.3, -0.25) is 4.79 Å². The summed E-state index contributed by atoms with van der Waals surface area (Å²) in [4.78, 5) is 11.2. The third kappa shape index (κ3) is 1.25. The van der Waals surface area contributed by atoms with Crippen molar-refractivity contribution >= 4 is 5.97 Å². The maximum atomic E-state index is 11.2. The molecule has 0 amide bonds. The first-order valence-corrected chi connectivity index (χ1v) is 3.88. The number of carbonyl (C=O) groups is 1. The first-order chi connectivity index (χ1) is 5.11. The SMILES string of the molecule is COC(=O)[C@]1(C)CCC[C@H]1O. The molecule has 1 saturated carbocycles. The number of hydrogen-bond donors (Lipinski definition) is 1. The summed E-state index contributed by atoms with van der Waals surface area (Å²) in [5, 5.41) is 9.45. The molecule has 11 heavy (non-hydrogen) atoms. The highest BCUT2D eigenvalue weighted by molar-refractivity contribution is 5.77. The normalized spacial score (nSPS) is 37.2. The lowest BCUT2D eigenvalue weighted by molar-refractivity contribution is -0.156. The van der Waals surface area contributed by atoms with Crippen LogP contribution in [0.4, 0.5) is 0 Å². The number of aliphatic hydroxyl groups excluding tert-OH is 1. The van der Waals surface area contributed by atoms with Gasteiger partial charge in [0.25, 0.3) is 0 Å². The van der Waals surface area contributed by atoms with Gasteiger partial charge >= 0.3 is 5.97 Å². The van der Waals surface area contributed by atoms with E-state index >= 15 is 0 Å². The molecule has 0 bridgehead atoms. The van der Waals surface area contributed by atoms with Gasteiger partial charge in [0.15, 0.2) is 0 Å². The second-order valence-corrected chi connectivity index (χ2v) is 3.32.